The third-order valence-electron chi connectivity index (χ3n) is 2.70. The average molecular weight is 287 g/mol. The lowest BCUT2D eigenvalue weighted by Crippen LogP contribution is -2.40. The molecule has 7 heteroatoms. The fourth-order valence-corrected chi connectivity index (χ4v) is 1.64. The second kappa shape index (κ2) is 7.76. The fraction of sp³-hybridized carbons (Fsp3) is 0.462. The first-order valence-corrected chi connectivity index (χ1v) is 6.24. The Morgan fingerprint density at radius 2 is 2.00 bits per heavy atom. The molecule has 0 aliphatic carbocycles. The van der Waals surface area contributed by atoms with Gasteiger partial charge in [0.15, 0.2) is 0 Å². The Kier molecular flexibility index (Phi) is 6.33. The highest BCUT2D eigenvalue weighted by molar-refractivity contribution is 5.89. The van der Waals surface area contributed by atoms with E-state index < -0.39 is 19.0 Å². The van der Waals surface area contributed by atoms with Crippen LogP contribution in [-0.2, 0) is 0 Å². The molecule has 1 atom stereocenters. The molecular weight excluding hydrogens is 268 g/mol. The molecule has 112 valence electrons. The van der Waals surface area contributed by atoms with Gasteiger partial charge in [-0.15, -0.1) is 0 Å². The molecule has 2 amide bonds. The molecule has 0 heterocycles. The maximum Gasteiger partial charge on any atom is 0.322 e. The number of amides is 2. The monoisotopic (exact) mass is 287 g/mol. The van der Waals surface area contributed by atoms with Crippen molar-refractivity contribution >= 4 is 11.7 Å². The quantitative estimate of drug-likeness (QED) is 0.746. The van der Waals surface area contributed by atoms with Gasteiger partial charge < -0.3 is 21.1 Å². The number of halogens is 2. The number of urea groups is 1. The van der Waals surface area contributed by atoms with E-state index in [1.807, 2.05) is 6.92 Å². The number of aliphatic hydroxyl groups excluding tert-OH is 1. The highest BCUT2D eigenvalue weighted by Crippen LogP contribution is 2.14. The number of alkyl halides is 2. The van der Waals surface area contributed by atoms with Crippen LogP contribution in [0.15, 0.2) is 24.3 Å². The largest absolute Gasteiger partial charge is 0.395 e. The minimum atomic E-state index is -2.65. The molecular formula is C13H19F2N3O2. The number of rotatable bonds is 6. The third-order valence-corrected chi connectivity index (χ3v) is 2.70. The zero-order valence-corrected chi connectivity index (χ0v) is 11.2. The van der Waals surface area contributed by atoms with E-state index in [1.54, 1.807) is 24.3 Å². The zero-order valence-electron chi connectivity index (χ0n) is 11.2. The van der Waals surface area contributed by atoms with Crippen LogP contribution >= 0.6 is 0 Å². The van der Waals surface area contributed by atoms with Crippen LogP contribution in [0.2, 0.25) is 0 Å². The van der Waals surface area contributed by atoms with Gasteiger partial charge >= 0.3 is 6.03 Å². The zero-order chi connectivity index (χ0) is 15.1. The van der Waals surface area contributed by atoms with Crippen molar-refractivity contribution in [3.05, 3.63) is 29.8 Å². The number of aliphatic hydroxyl groups is 1. The molecule has 4 N–H and O–H groups in total. The number of hydrogen-bond donors (Lipinski definition) is 3. The highest BCUT2D eigenvalue weighted by Gasteiger charge is 2.17. The number of benzene rings is 1. The van der Waals surface area contributed by atoms with E-state index in [0.29, 0.717) is 5.69 Å². The number of anilines is 1. The van der Waals surface area contributed by atoms with Crippen LogP contribution in [0.4, 0.5) is 19.3 Å². The number of nitrogens with one attached hydrogen (secondary N) is 1. The predicted octanol–water partition coefficient (Wildman–Crippen LogP) is 1.80. The van der Waals surface area contributed by atoms with Crippen LogP contribution in [0.3, 0.4) is 0 Å². The van der Waals surface area contributed by atoms with Crippen molar-refractivity contribution in [2.45, 2.75) is 19.4 Å². The van der Waals surface area contributed by atoms with E-state index in [9.17, 15) is 13.6 Å². The molecule has 1 aromatic carbocycles. The summed E-state index contributed by atoms with van der Waals surface area (Å²) in [6, 6.07) is 6.01. The molecule has 0 bridgehead atoms. The Morgan fingerprint density at radius 1 is 1.40 bits per heavy atom. The molecule has 0 fully saturated rings. The molecule has 0 aliphatic rings. The molecule has 0 saturated carbocycles. The van der Waals surface area contributed by atoms with Crippen molar-refractivity contribution in [2.75, 3.05) is 25.0 Å². The summed E-state index contributed by atoms with van der Waals surface area (Å²) in [5, 5.41) is 11.3. The van der Waals surface area contributed by atoms with Crippen molar-refractivity contribution in [2.24, 2.45) is 5.73 Å². The Morgan fingerprint density at radius 3 is 2.45 bits per heavy atom. The summed E-state index contributed by atoms with van der Waals surface area (Å²) in [5.74, 6) is 0. The Hall–Kier alpha value is -1.73. The third kappa shape index (κ3) is 5.10. The first-order valence-electron chi connectivity index (χ1n) is 6.24. The van der Waals surface area contributed by atoms with Gasteiger partial charge in [0.2, 0.25) is 0 Å². The maximum atomic E-state index is 12.3. The average Bonchev–Trinajstić information content (AvgIpc) is 2.38. The summed E-state index contributed by atoms with van der Waals surface area (Å²) in [4.78, 5) is 12.7. The van der Waals surface area contributed by atoms with Crippen LogP contribution in [0.5, 0.6) is 0 Å². The minimum absolute atomic E-state index is 0.121. The number of carbonyl (C=O) groups is 1. The number of nitrogens with two attached hydrogens (primary N) is 1. The van der Waals surface area contributed by atoms with E-state index in [1.165, 1.54) is 0 Å². The molecule has 0 aliphatic heterocycles. The maximum absolute atomic E-state index is 12.3. The SMILES string of the molecule is CC(N)c1ccc(NC(=O)N(CCO)CC(F)F)cc1. The van der Waals surface area contributed by atoms with E-state index in [-0.39, 0.29) is 19.2 Å². The van der Waals surface area contributed by atoms with E-state index in [4.69, 9.17) is 10.8 Å². The summed E-state index contributed by atoms with van der Waals surface area (Å²) < 4.78 is 24.7. The Bertz CT molecular complexity index is 424. The molecule has 0 aromatic heterocycles. The van der Waals surface area contributed by atoms with Crippen LogP contribution in [0.1, 0.15) is 18.5 Å². The van der Waals surface area contributed by atoms with Crippen LogP contribution in [0.25, 0.3) is 0 Å². The predicted molar refractivity (Wildman–Crippen MR) is 72.7 cm³/mol. The van der Waals surface area contributed by atoms with Crippen LogP contribution in [-0.4, -0.2) is 42.2 Å². The van der Waals surface area contributed by atoms with Gasteiger partial charge in [0.25, 0.3) is 6.43 Å². The molecule has 0 saturated heterocycles. The Balaban J connectivity index is 2.67. The molecule has 0 radical (unpaired) electrons. The normalized spacial score (nSPS) is 12.3. The van der Waals surface area contributed by atoms with E-state index in [0.717, 1.165) is 10.5 Å². The summed E-state index contributed by atoms with van der Waals surface area (Å²) in [6.07, 6.45) is -2.65. The van der Waals surface area contributed by atoms with Crippen molar-refractivity contribution in [1.82, 2.24) is 4.90 Å². The van der Waals surface area contributed by atoms with Gasteiger partial charge in [-0.1, -0.05) is 12.1 Å². The summed E-state index contributed by atoms with van der Waals surface area (Å²) in [7, 11) is 0. The summed E-state index contributed by atoms with van der Waals surface area (Å²) in [6.45, 7) is 0.599. The number of hydrogen-bond acceptors (Lipinski definition) is 3. The minimum Gasteiger partial charge on any atom is -0.395 e. The van der Waals surface area contributed by atoms with Crippen molar-refractivity contribution in [3.8, 4) is 0 Å². The number of nitrogens with zero attached hydrogens (tertiary/aromatic N) is 1. The van der Waals surface area contributed by atoms with Gasteiger partial charge in [-0.2, -0.15) is 0 Å². The molecule has 1 unspecified atom stereocenters. The second-order valence-electron chi connectivity index (χ2n) is 4.40. The standard InChI is InChI=1S/C13H19F2N3O2/c1-9(16)10-2-4-11(5-3-10)17-13(20)18(6-7-19)8-12(14)15/h2-5,9,12,19H,6-8,16H2,1H3,(H,17,20). The van der Waals surface area contributed by atoms with Crippen LogP contribution < -0.4 is 11.1 Å². The van der Waals surface area contributed by atoms with Crippen molar-refractivity contribution in [1.29, 1.82) is 0 Å². The van der Waals surface area contributed by atoms with Gasteiger partial charge in [0, 0.05) is 18.3 Å². The lowest BCUT2D eigenvalue weighted by atomic mass is 10.1. The molecule has 1 aromatic rings. The van der Waals surface area contributed by atoms with E-state index >= 15 is 0 Å². The van der Waals surface area contributed by atoms with E-state index in [2.05, 4.69) is 5.32 Å². The number of carbonyl (C=O) groups excluding carboxylic acids is 1. The van der Waals surface area contributed by atoms with Gasteiger partial charge in [0.05, 0.1) is 13.2 Å². The van der Waals surface area contributed by atoms with Crippen molar-refractivity contribution in [3.63, 3.8) is 0 Å². The molecule has 5 nitrogen and oxygen atoms in total. The topological polar surface area (TPSA) is 78.6 Å². The van der Waals surface area contributed by atoms with Crippen molar-refractivity contribution < 1.29 is 18.7 Å². The smallest absolute Gasteiger partial charge is 0.322 e. The summed E-state index contributed by atoms with van der Waals surface area (Å²) in [5.41, 5.74) is 7.09. The van der Waals surface area contributed by atoms with Gasteiger partial charge in [-0.25, -0.2) is 13.6 Å². The highest BCUT2D eigenvalue weighted by atomic mass is 19.3. The fourth-order valence-electron chi connectivity index (χ4n) is 1.64. The van der Waals surface area contributed by atoms with Crippen LogP contribution in [0, 0.1) is 0 Å². The lowest BCUT2D eigenvalue weighted by molar-refractivity contribution is 0.0943. The van der Waals surface area contributed by atoms with Gasteiger partial charge in [-0.3, -0.25) is 0 Å². The van der Waals surface area contributed by atoms with Gasteiger partial charge in [0.1, 0.15) is 0 Å². The Labute approximate surface area is 116 Å². The second-order valence-corrected chi connectivity index (χ2v) is 4.40. The first-order chi connectivity index (χ1) is 9.43. The molecule has 1 rings (SSSR count). The summed E-state index contributed by atoms with van der Waals surface area (Å²) >= 11 is 0. The van der Waals surface area contributed by atoms with Gasteiger partial charge in [-0.05, 0) is 24.6 Å². The molecule has 0 spiro atoms. The molecule has 20 heavy (non-hydrogen) atoms. The lowest BCUT2D eigenvalue weighted by Gasteiger charge is -2.21. The first kappa shape index (κ1) is 16.3.